The Morgan fingerprint density at radius 3 is 2.68 bits per heavy atom. The highest BCUT2D eigenvalue weighted by Crippen LogP contribution is 2.22. The van der Waals surface area contributed by atoms with Crippen LogP contribution in [0.5, 0.6) is 0 Å². The molecule has 0 bridgehead atoms. The fourth-order valence-electron chi connectivity index (χ4n) is 2.57. The summed E-state index contributed by atoms with van der Waals surface area (Å²) < 4.78 is 0. The molecule has 2 N–H and O–H groups in total. The molecular weight excluding hydrogens is 238 g/mol. The van der Waals surface area contributed by atoms with E-state index in [-0.39, 0.29) is 12.1 Å². The van der Waals surface area contributed by atoms with Gasteiger partial charge in [0.05, 0.1) is 12.1 Å². The van der Waals surface area contributed by atoms with Gasteiger partial charge in [0.1, 0.15) is 11.6 Å². The summed E-state index contributed by atoms with van der Waals surface area (Å²) >= 11 is 0. The summed E-state index contributed by atoms with van der Waals surface area (Å²) in [6.07, 6.45) is 5.16. The van der Waals surface area contributed by atoms with Crippen LogP contribution in [0.4, 0.5) is 5.82 Å². The maximum Gasteiger partial charge on any atom is 0.133 e. The molecule has 1 aromatic rings. The van der Waals surface area contributed by atoms with Gasteiger partial charge in [0.2, 0.25) is 0 Å². The van der Waals surface area contributed by atoms with Crippen LogP contribution in [-0.2, 0) is 0 Å². The number of anilines is 1. The van der Waals surface area contributed by atoms with Gasteiger partial charge in [-0.1, -0.05) is 33.1 Å². The van der Waals surface area contributed by atoms with Gasteiger partial charge >= 0.3 is 0 Å². The Hall–Kier alpha value is -1.16. The lowest BCUT2D eigenvalue weighted by Gasteiger charge is -2.23. The smallest absolute Gasteiger partial charge is 0.133 e. The van der Waals surface area contributed by atoms with Crippen molar-refractivity contribution in [3.8, 4) is 0 Å². The minimum absolute atomic E-state index is 0.122. The second-order valence-electron chi connectivity index (χ2n) is 5.86. The van der Waals surface area contributed by atoms with Gasteiger partial charge in [-0.2, -0.15) is 0 Å². The van der Waals surface area contributed by atoms with Gasteiger partial charge in [-0.15, -0.1) is 0 Å². The molecule has 0 amide bonds. The molecule has 0 aliphatic heterocycles. The number of aliphatic hydroxyl groups is 1. The first-order valence-electron chi connectivity index (χ1n) is 7.36. The highest BCUT2D eigenvalue weighted by atomic mass is 16.3. The third-order valence-corrected chi connectivity index (χ3v) is 3.70. The number of aryl methyl sites for hydroxylation is 1. The zero-order chi connectivity index (χ0) is 13.8. The van der Waals surface area contributed by atoms with Crippen LogP contribution in [0.25, 0.3) is 0 Å². The molecule has 2 atom stereocenters. The molecule has 0 saturated heterocycles. The summed E-state index contributed by atoms with van der Waals surface area (Å²) in [5.74, 6) is 2.03. The Labute approximate surface area is 115 Å². The van der Waals surface area contributed by atoms with Gasteiger partial charge in [0.15, 0.2) is 0 Å². The van der Waals surface area contributed by atoms with E-state index in [4.69, 9.17) is 0 Å². The van der Waals surface area contributed by atoms with Crippen LogP contribution in [0, 0.1) is 6.92 Å². The van der Waals surface area contributed by atoms with Gasteiger partial charge in [-0.05, 0) is 19.8 Å². The van der Waals surface area contributed by atoms with Crippen molar-refractivity contribution in [2.75, 3.05) is 5.32 Å². The number of aliphatic hydroxyl groups excluding tert-OH is 1. The molecule has 2 rings (SSSR count). The van der Waals surface area contributed by atoms with Crippen LogP contribution in [0.3, 0.4) is 0 Å². The lowest BCUT2D eigenvalue weighted by atomic mass is 10.1. The molecule has 1 aliphatic rings. The van der Waals surface area contributed by atoms with Crippen LogP contribution < -0.4 is 5.32 Å². The number of hydrogen-bond donors (Lipinski definition) is 2. The molecule has 0 radical (unpaired) electrons. The molecule has 4 heteroatoms. The first-order valence-corrected chi connectivity index (χ1v) is 7.36. The van der Waals surface area contributed by atoms with Crippen LogP contribution in [0.1, 0.15) is 63.4 Å². The van der Waals surface area contributed by atoms with Gasteiger partial charge in [0.25, 0.3) is 0 Å². The Morgan fingerprint density at radius 1 is 1.21 bits per heavy atom. The van der Waals surface area contributed by atoms with E-state index < -0.39 is 0 Å². The van der Waals surface area contributed by atoms with Crippen molar-refractivity contribution >= 4 is 5.82 Å². The minimum atomic E-state index is -0.264. The van der Waals surface area contributed by atoms with Crippen molar-refractivity contribution in [2.24, 2.45) is 0 Å². The molecule has 1 saturated carbocycles. The van der Waals surface area contributed by atoms with Crippen molar-refractivity contribution in [1.29, 1.82) is 0 Å². The third-order valence-electron chi connectivity index (χ3n) is 3.70. The molecule has 1 aromatic heterocycles. The highest BCUT2D eigenvalue weighted by Gasteiger charge is 2.22. The normalized spacial score (nSPS) is 24.3. The van der Waals surface area contributed by atoms with E-state index in [1.165, 1.54) is 12.8 Å². The van der Waals surface area contributed by atoms with Crippen molar-refractivity contribution in [3.63, 3.8) is 0 Å². The van der Waals surface area contributed by atoms with Crippen molar-refractivity contribution in [2.45, 2.75) is 70.9 Å². The fraction of sp³-hybridized carbons (Fsp3) is 0.733. The van der Waals surface area contributed by atoms with Gasteiger partial charge in [0, 0.05) is 17.7 Å². The lowest BCUT2D eigenvalue weighted by molar-refractivity contribution is 0.144. The predicted octanol–water partition coefficient (Wildman–Crippen LogP) is 3.01. The molecule has 1 fully saturated rings. The largest absolute Gasteiger partial charge is 0.391 e. The highest BCUT2D eigenvalue weighted by molar-refractivity contribution is 5.37. The number of nitrogens with one attached hydrogen (secondary N) is 1. The van der Waals surface area contributed by atoms with E-state index >= 15 is 0 Å². The van der Waals surface area contributed by atoms with Crippen LogP contribution in [0.2, 0.25) is 0 Å². The SMILES string of the molecule is Cc1cc(NC2CCCCCC2O)nc(C(C)C)n1. The van der Waals surface area contributed by atoms with Crippen LogP contribution >= 0.6 is 0 Å². The van der Waals surface area contributed by atoms with E-state index in [2.05, 4.69) is 29.1 Å². The van der Waals surface area contributed by atoms with Crippen molar-refractivity contribution < 1.29 is 5.11 Å². The number of rotatable bonds is 3. The molecule has 19 heavy (non-hydrogen) atoms. The fourth-order valence-corrected chi connectivity index (χ4v) is 2.57. The Morgan fingerprint density at radius 2 is 1.95 bits per heavy atom. The third kappa shape index (κ3) is 3.90. The van der Waals surface area contributed by atoms with E-state index in [9.17, 15) is 5.11 Å². The number of hydrogen-bond acceptors (Lipinski definition) is 4. The summed E-state index contributed by atoms with van der Waals surface area (Å²) in [6.45, 7) is 6.18. The second kappa shape index (κ2) is 6.33. The maximum atomic E-state index is 10.2. The zero-order valence-electron chi connectivity index (χ0n) is 12.2. The Balaban J connectivity index is 2.13. The zero-order valence-corrected chi connectivity index (χ0v) is 12.2. The predicted molar refractivity (Wildman–Crippen MR) is 77.4 cm³/mol. The second-order valence-corrected chi connectivity index (χ2v) is 5.86. The average molecular weight is 263 g/mol. The number of nitrogens with zero attached hydrogens (tertiary/aromatic N) is 2. The monoisotopic (exact) mass is 263 g/mol. The molecule has 2 unspecified atom stereocenters. The van der Waals surface area contributed by atoms with Crippen LogP contribution in [-0.4, -0.2) is 27.2 Å². The first-order chi connectivity index (χ1) is 9.06. The van der Waals surface area contributed by atoms with Gasteiger partial charge < -0.3 is 10.4 Å². The standard InChI is InChI=1S/C15H25N3O/c1-10(2)15-16-11(3)9-14(18-15)17-12-7-5-4-6-8-13(12)19/h9-10,12-13,19H,4-8H2,1-3H3,(H,16,17,18). The van der Waals surface area contributed by atoms with Crippen molar-refractivity contribution in [3.05, 3.63) is 17.6 Å². The quantitative estimate of drug-likeness (QED) is 0.823. The lowest BCUT2D eigenvalue weighted by Crippen LogP contribution is -2.33. The summed E-state index contributed by atoms with van der Waals surface area (Å²) in [5, 5.41) is 13.6. The Bertz CT molecular complexity index is 420. The molecule has 106 valence electrons. The number of aromatic nitrogens is 2. The topological polar surface area (TPSA) is 58.0 Å². The Kier molecular flexibility index (Phi) is 4.75. The van der Waals surface area contributed by atoms with E-state index in [0.717, 1.165) is 36.6 Å². The maximum absolute atomic E-state index is 10.2. The summed E-state index contributed by atoms with van der Waals surface area (Å²) in [5.41, 5.74) is 0.976. The summed E-state index contributed by atoms with van der Waals surface area (Å²) in [7, 11) is 0. The first kappa shape index (κ1) is 14.3. The molecular formula is C15H25N3O. The van der Waals surface area contributed by atoms with E-state index in [1.807, 2.05) is 13.0 Å². The van der Waals surface area contributed by atoms with Gasteiger partial charge in [-0.3, -0.25) is 0 Å². The van der Waals surface area contributed by atoms with Gasteiger partial charge in [-0.25, -0.2) is 9.97 Å². The summed E-state index contributed by atoms with van der Waals surface area (Å²) in [6, 6.07) is 2.08. The average Bonchev–Trinajstić information content (AvgIpc) is 2.54. The molecule has 1 aliphatic carbocycles. The molecule has 4 nitrogen and oxygen atoms in total. The minimum Gasteiger partial charge on any atom is -0.391 e. The van der Waals surface area contributed by atoms with E-state index in [0.29, 0.717) is 5.92 Å². The van der Waals surface area contributed by atoms with Crippen molar-refractivity contribution in [1.82, 2.24) is 9.97 Å². The molecule has 0 spiro atoms. The molecule has 1 heterocycles. The van der Waals surface area contributed by atoms with Crippen LogP contribution in [0.15, 0.2) is 6.07 Å². The summed E-state index contributed by atoms with van der Waals surface area (Å²) in [4.78, 5) is 9.01. The molecule has 0 aromatic carbocycles. The van der Waals surface area contributed by atoms with E-state index in [1.54, 1.807) is 0 Å².